The molecule has 7 nitrogen and oxygen atoms in total. The van der Waals surface area contributed by atoms with E-state index in [9.17, 15) is 14.0 Å². The van der Waals surface area contributed by atoms with E-state index in [4.69, 9.17) is 5.11 Å². The van der Waals surface area contributed by atoms with Gasteiger partial charge < -0.3 is 10.0 Å². The second kappa shape index (κ2) is 8.95. The Balaban J connectivity index is 1.89. The number of benzene rings is 1. The summed E-state index contributed by atoms with van der Waals surface area (Å²) < 4.78 is 15.7. The smallest absolute Gasteiger partial charge is 0.303 e. The molecule has 2 heterocycles. The maximum Gasteiger partial charge on any atom is 0.303 e. The summed E-state index contributed by atoms with van der Waals surface area (Å²) in [7, 11) is 0. The van der Waals surface area contributed by atoms with Gasteiger partial charge in [0.05, 0.1) is 0 Å². The van der Waals surface area contributed by atoms with Gasteiger partial charge in [-0.15, -0.1) is 5.10 Å². The summed E-state index contributed by atoms with van der Waals surface area (Å²) >= 11 is 0. The van der Waals surface area contributed by atoms with Gasteiger partial charge in [0.15, 0.2) is 0 Å². The lowest BCUT2D eigenvalue weighted by molar-refractivity contribution is -0.137. The van der Waals surface area contributed by atoms with Gasteiger partial charge in [-0.2, -0.15) is 0 Å². The molecule has 1 amide bonds. The van der Waals surface area contributed by atoms with Crippen LogP contribution in [0.15, 0.2) is 24.3 Å². The summed E-state index contributed by atoms with van der Waals surface area (Å²) in [5.41, 5.74) is 0.263. The minimum Gasteiger partial charge on any atom is -0.481 e. The van der Waals surface area contributed by atoms with Crippen LogP contribution in [0.5, 0.6) is 0 Å². The van der Waals surface area contributed by atoms with Gasteiger partial charge >= 0.3 is 5.97 Å². The molecule has 0 bridgehead atoms. The highest BCUT2D eigenvalue weighted by Gasteiger charge is 2.31. The van der Waals surface area contributed by atoms with Crippen LogP contribution in [-0.4, -0.2) is 49.2 Å². The van der Waals surface area contributed by atoms with Gasteiger partial charge in [0.1, 0.15) is 17.3 Å². The molecule has 0 saturated carbocycles. The molecule has 0 unspecified atom stereocenters. The van der Waals surface area contributed by atoms with Gasteiger partial charge in [-0.05, 0) is 44.2 Å². The number of aromatic nitrogens is 3. The van der Waals surface area contributed by atoms with Crippen molar-refractivity contribution in [1.82, 2.24) is 19.7 Å². The minimum atomic E-state index is -0.870. The summed E-state index contributed by atoms with van der Waals surface area (Å²) in [6.45, 7) is 2.54. The summed E-state index contributed by atoms with van der Waals surface area (Å²) in [6, 6.07) is 6.13. The number of amides is 1. The first-order valence-electron chi connectivity index (χ1n) is 9.74. The van der Waals surface area contributed by atoms with Crippen molar-refractivity contribution in [3.8, 4) is 5.69 Å². The zero-order valence-electron chi connectivity index (χ0n) is 16.0. The van der Waals surface area contributed by atoms with E-state index in [1.807, 2.05) is 6.92 Å². The number of para-hydroxylation sites is 1. The highest BCUT2D eigenvalue weighted by Crippen LogP contribution is 2.23. The van der Waals surface area contributed by atoms with Gasteiger partial charge in [0.25, 0.3) is 5.91 Å². The van der Waals surface area contributed by atoms with E-state index in [1.165, 1.54) is 10.7 Å². The Morgan fingerprint density at radius 2 is 2.07 bits per heavy atom. The van der Waals surface area contributed by atoms with Gasteiger partial charge in [-0.3, -0.25) is 9.59 Å². The van der Waals surface area contributed by atoms with E-state index in [0.717, 1.165) is 25.7 Å². The first-order valence-corrected chi connectivity index (χ1v) is 9.74. The minimum absolute atomic E-state index is 0.0205. The summed E-state index contributed by atoms with van der Waals surface area (Å²) in [6.07, 6.45) is 4.39. The predicted molar refractivity (Wildman–Crippen MR) is 101 cm³/mol. The quantitative estimate of drug-likeness (QED) is 0.787. The summed E-state index contributed by atoms with van der Waals surface area (Å²) in [5.74, 6) is -1.04. The number of nitrogens with zero attached hydrogens (tertiary/aromatic N) is 4. The Morgan fingerprint density at radius 1 is 1.29 bits per heavy atom. The lowest BCUT2D eigenvalue weighted by Crippen LogP contribution is -2.44. The number of halogens is 1. The number of piperidine rings is 1. The second-order valence-electron chi connectivity index (χ2n) is 7.05. The number of carbonyl (C=O) groups excluding carboxylic acids is 1. The Kier molecular flexibility index (Phi) is 6.38. The topological polar surface area (TPSA) is 88.3 Å². The zero-order valence-corrected chi connectivity index (χ0v) is 16.0. The molecule has 28 heavy (non-hydrogen) atoms. The van der Waals surface area contributed by atoms with E-state index in [1.54, 1.807) is 23.1 Å². The van der Waals surface area contributed by atoms with Crippen LogP contribution in [0.25, 0.3) is 5.69 Å². The number of aliphatic carboxylic acids is 1. The van der Waals surface area contributed by atoms with E-state index < -0.39 is 11.8 Å². The predicted octanol–water partition coefficient (Wildman–Crippen LogP) is 3.22. The number of rotatable bonds is 7. The van der Waals surface area contributed by atoms with E-state index >= 15 is 0 Å². The highest BCUT2D eigenvalue weighted by molar-refractivity contribution is 5.90. The Labute approximate surface area is 163 Å². The molecule has 150 valence electrons. The van der Waals surface area contributed by atoms with E-state index in [0.29, 0.717) is 25.2 Å². The van der Waals surface area contributed by atoms with Crippen LogP contribution in [0.4, 0.5) is 4.39 Å². The standard InChI is InChI=1S/C20H25FN4O3/c1-2-7-17-22-19(23-25(17)16-10-4-3-9-15(16)21)20(28)24-13-6-5-8-14(24)11-12-18(26)27/h3-4,9-10,14H,2,5-8,11-13H2,1H3,(H,26,27)/t14-/m1/s1. The van der Waals surface area contributed by atoms with Crippen molar-refractivity contribution in [3.63, 3.8) is 0 Å². The van der Waals surface area contributed by atoms with Crippen LogP contribution < -0.4 is 0 Å². The van der Waals surface area contributed by atoms with Crippen molar-refractivity contribution in [2.24, 2.45) is 0 Å². The molecular formula is C20H25FN4O3. The molecule has 0 radical (unpaired) electrons. The molecule has 1 N–H and O–H groups in total. The SMILES string of the molecule is CCCc1nc(C(=O)N2CCCC[C@@H]2CCC(=O)O)nn1-c1ccccc1F. The van der Waals surface area contributed by atoms with Gasteiger partial charge in [0.2, 0.25) is 5.82 Å². The van der Waals surface area contributed by atoms with E-state index in [2.05, 4.69) is 10.1 Å². The molecule has 2 aromatic rings. The van der Waals surface area contributed by atoms with Crippen LogP contribution in [0.3, 0.4) is 0 Å². The van der Waals surface area contributed by atoms with Crippen LogP contribution >= 0.6 is 0 Å². The molecular weight excluding hydrogens is 363 g/mol. The maximum absolute atomic E-state index is 14.3. The fourth-order valence-corrected chi connectivity index (χ4v) is 3.62. The van der Waals surface area contributed by atoms with Gasteiger partial charge in [-0.25, -0.2) is 14.1 Å². The summed E-state index contributed by atoms with van der Waals surface area (Å²) in [5, 5.41) is 13.3. The Morgan fingerprint density at radius 3 is 2.79 bits per heavy atom. The van der Waals surface area contributed by atoms with Crippen molar-refractivity contribution in [2.75, 3.05) is 6.54 Å². The highest BCUT2D eigenvalue weighted by atomic mass is 19.1. The Bertz CT molecular complexity index is 852. The second-order valence-corrected chi connectivity index (χ2v) is 7.05. The summed E-state index contributed by atoms with van der Waals surface area (Å²) in [4.78, 5) is 30.1. The zero-order chi connectivity index (χ0) is 20.1. The van der Waals surface area contributed by atoms with E-state index in [-0.39, 0.29) is 29.9 Å². The molecule has 3 rings (SSSR count). The normalized spacial score (nSPS) is 16.9. The third kappa shape index (κ3) is 4.37. The van der Waals surface area contributed by atoms with Crippen molar-refractivity contribution in [3.05, 3.63) is 41.7 Å². The number of hydrogen-bond acceptors (Lipinski definition) is 4. The monoisotopic (exact) mass is 388 g/mol. The van der Waals surface area contributed by atoms with Crippen molar-refractivity contribution >= 4 is 11.9 Å². The van der Waals surface area contributed by atoms with Crippen LogP contribution in [-0.2, 0) is 11.2 Å². The lowest BCUT2D eigenvalue weighted by Gasteiger charge is -2.34. The molecule has 0 spiro atoms. The average molecular weight is 388 g/mol. The molecule has 1 atom stereocenters. The number of likely N-dealkylation sites (tertiary alicyclic amines) is 1. The molecule has 1 aromatic carbocycles. The molecule has 0 aliphatic carbocycles. The van der Waals surface area contributed by atoms with Crippen molar-refractivity contribution in [1.29, 1.82) is 0 Å². The molecule has 1 aliphatic rings. The third-order valence-electron chi connectivity index (χ3n) is 5.00. The first-order chi connectivity index (χ1) is 13.5. The van der Waals surface area contributed by atoms with Crippen molar-refractivity contribution in [2.45, 2.75) is 57.9 Å². The number of carbonyl (C=O) groups is 2. The molecule has 1 fully saturated rings. The molecule has 1 saturated heterocycles. The number of carboxylic acids is 1. The fourth-order valence-electron chi connectivity index (χ4n) is 3.62. The number of aryl methyl sites for hydroxylation is 1. The average Bonchev–Trinajstić information content (AvgIpc) is 3.10. The largest absolute Gasteiger partial charge is 0.481 e. The molecule has 8 heteroatoms. The third-order valence-corrected chi connectivity index (χ3v) is 5.00. The van der Waals surface area contributed by atoms with Crippen LogP contribution in [0.1, 0.15) is 61.9 Å². The van der Waals surface area contributed by atoms with Crippen LogP contribution in [0.2, 0.25) is 0 Å². The fraction of sp³-hybridized carbons (Fsp3) is 0.500. The van der Waals surface area contributed by atoms with Crippen molar-refractivity contribution < 1.29 is 19.1 Å². The lowest BCUT2D eigenvalue weighted by atomic mass is 9.98. The molecule has 1 aliphatic heterocycles. The Hall–Kier alpha value is -2.77. The van der Waals surface area contributed by atoms with Gasteiger partial charge in [-0.1, -0.05) is 19.1 Å². The first kappa shape index (κ1) is 20.0. The molecule has 1 aromatic heterocycles. The number of carboxylic acid groups (broad SMARTS) is 1. The van der Waals surface area contributed by atoms with Crippen LogP contribution in [0, 0.1) is 5.82 Å². The number of hydrogen-bond donors (Lipinski definition) is 1. The maximum atomic E-state index is 14.3. The van der Waals surface area contributed by atoms with Gasteiger partial charge in [0, 0.05) is 25.4 Å².